The van der Waals surface area contributed by atoms with E-state index in [0.717, 1.165) is 24.7 Å². The van der Waals surface area contributed by atoms with Gasteiger partial charge in [0.2, 0.25) is 0 Å². The van der Waals surface area contributed by atoms with E-state index >= 15 is 0 Å². The van der Waals surface area contributed by atoms with Crippen LogP contribution in [-0.2, 0) is 0 Å². The molecule has 1 aliphatic heterocycles. The van der Waals surface area contributed by atoms with Gasteiger partial charge in [-0.3, -0.25) is 0 Å². The number of anilines is 2. The maximum Gasteiger partial charge on any atom is 0.319 e. The van der Waals surface area contributed by atoms with Gasteiger partial charge in [0.15, 0.2) is 0 Å². The lowest BCUT2D eigenvalue weighted by atomic mass is 9.99. The number of carbonyl (C=O) groups is 1. The third-order valence-electron chi connectivity index (χ3n) is 4.51. The maximum absolute atomic E-state index is 11.8. The molecule has 1 aliphatic rings. The SMILES string of the molecule is CC1CCN(c2ccc(NC(=O)NCC(C)CCO)cc2)CC1. The van der Waals surface area contributed by atoms with Gasteiger partial charge in [0.05, 0.1) is 0 Å². The predicted octanol–water partition coefficient (Wildman–Crippen LogP) is 3.06. The molecule has 23 heavy (non-hydrogen) atoms. The number of carbonyl (C=O) groups excluding carboxylic acids is 1. The Morgan fingerprint density at radius 3 is 2.57 bits per heavy atom. The molecule has 1 aromatic rings. The van der Waals surface area contributed by atoms with Crippen LogP contribution in [0.1, 0.15) is 33.1 Å². The quantitative estimate of drug-likeness (QED) is 0.755. The number of urea groups is 1. The summed E-state index contributed by atoms with van der Waals surface area (Å²) in [6.45, 7) is 7.25. The minimum atomic E-state index is -0.200. The predicted molar refractivity (Wildman–Crippen MR) is 94.9 cm³/mol. The third-order valence-corrected chi connectivity index (χ3v) is 4.51. The largest absolute Gasteiger partial charge is 0.396 e. The Morgan fingerprint density at radius 2 is 1.96 bits per heavy atom. The summed E-state index contributed by atoms with van der Waals surface area (Å²) in [4.78, 5) is 14.3. The number of aliphatic hydroxyl groups excluding tert-OH is 1. The highest BCUT2D eigenvalue weighted by Crippen LogP contribution is 2.24. The van der Waals surface area contributed by atoms with Crippen molar-refractivity contribution in [3.63, 3.8) is 0 Å². The van der Waals surface area contributed by atoms with Gasteiger partial charge in [-0.2, -0.15) is 0 Å². The number of nitrogens with one attached hydrogen (secondary N) is 2. The van der Waals surface area contributed by atoms with E-state index in [4.69, 9.17) is 5.11 Å². The van der Waals surface area contributed by atoms with Gasteiger partial charge >= 0.3 is 6.03 Å². The van der Waals surface area contributed by atoms with E-state index in [9.17, 15) is 4.79 Å². The Bertz CT molecular complexity index is 482. The number of benzene rings is 1. The fourth-order valence-electron chi connectivity index (χ4n) is 2.79. The molecule has 0 saturated carbocycles. The standard InChI is InChI=1S/C18H29N3O2/c1-14-7-10-21(11-8-14)17-5-3-16(4-6-17)20-18(23)19-13-15(2)9-12-22/h3-6,14-15,22H,7-13H2,1-2H3,(H2,19,20,23). The molecule has 5 heteroatoms. The van der Waals surface area contributed by atoms with Crippen LogP contribution in [-0.4, -0.2) is 37.4 Å². The summed E-state index contributed by atoms with van der Waals surface area (Å²) < 4.78 is 0. The highest BCUT2D eigenvalue weighted by Gasteiger charge is 2.15. The highest BCUT2D eigenvalue weighted by molar-refractivity contribution is 5.89. The van der Waals surface area contributed by atoms with Crippen molar-refractivity contribution in [3.05, 3.63) is 24.3 Å². The van der Waals surface area contributed by atoms with Crippen LogP contribution in [0.4, 0.5) is 16.2 Å². The van der Waals surface area contributed by atoms with Crippen LogP contribution >= 0.6 is 0 Å². The first-order valence-corrected chi connectivity index (χ1v) is 8.59. The van der Waals surface area contributed by atoms with E-state index in [1.165, 1.54) is 18.5 Å². The normalized spacial score (nSPS) is 16.9. The average Bonchev–Trinajstić information content (AvgIpc) is 2.55. The number of nitrogens with zero attached hydrogens (tertiary/aromatic N) is 1. The Morgan fingerprint density at radius 1 is 1.30 bits per heavy atom. The molecule has 1 unspecified atom stereocenters. The van der Waals surface area contributed by atoms with Gasteiger partial charge in [0.1, 0.15) is 0 Å². The number of amides is 2. The second-order valence-corrected chi connectivity index (χ2v) is 6.67. The maximum atomic E-state index is 11.8. The van der Waals surface area contributed by atoms with Crippen molar-refractivity contribution in [2.24, 2.45) is 11.8 Å². The molecule has 1 atom stereocenters. The Balaban J connectivity index is 1.79. The topological polar surface area (TPSA) is 64.6 Å². The molecule has 1 saturated heterocycles. The second kappa shape index (κ2) is 8.77. The molecule has 128 valence electrons. The van der Waals surface area contributed by atoms with E-state index in [0.29, 0.717) is 13.0 Å². The molecule has 3 N–H and O–H groups in total. The number of piperidine rings is 1. The zero-order chi connectivity index (χ0) is 16.7. The number of hydrogen-bond acceptors (Lipinski definition) is 3. The van der Waals surface area contributed by atoms with Gasteiger partial charge in [0.25, 0.3) is 0 Å². The molecular weight excluding hydrogens is 290 g/mol. The van der Waals surface area contributed by atoms with Gasteiger partial charge < -0.3 is 20.6 Å². The lowest BCUT2D eigenvalue weighted by Crippen LogP contribution is -2.33. The average molecular weight is 319 g/mol. The summed E-state index contributed by atoms with van der Waals surface area (Å²) in [5.74, 6) is 1.10. The lowest BCUT2D eigenvalue weighted by molar-refractivity contribution is 0.243. The molecule has 1 heterocycles. The highest BCUT2D eigenvalue weighted by atomic mass is 16.3. The molecule has 2 rings (SSSR count). The summed E-state index contributed by atoms with van der Waals surface area (Å²) in [5.41, 5.74) is 2.02. The molecule has 0 radical (unpaired) electrons. The summed E-state index contributed by atoms with van der Waals surface area (Å²) in [5, 5.41) is 14.5. The van der Waals surface area contributed by atoms with Crippen molar-refractivity contribution in [1.82, 2.24) is 5.32 Å². The molecule has 5 nitrogen and oxygen atoms in total. The van der Waals surface area contributed by atoms with E-state index in [2.05, 4.69) is 34.6 Å². The monoisotopic (exact) mass is 319 g/mol. The van der Waals surface area contributed by atoms with Crippen molar-refractivity contribution >= 4 is 17.4 Å². The third kappa shape index (κ3) is 5.75. The molecule has 0 bridgehead atoms. The van der Waals surface area contributed by atoms with Gasteiger partial charge in [-0.1, -0.05) is 13.8 Å². The Labute approximate surface area is 139 Å². The number of rotatable bonds is 6. The Hall–Kier alpha value is -1.75. The van der Waals surface area contributed by atoms with E-state index < -0.39 is 0 Å². The summed E-state index contributed by atoms with van der Waals surface area (Å²) in [6, 6.07) is 7.84. The van der Waals surface area contributed by atoms with Crippen LogP contribution in [0, 0.1) is 11.8 Å². The molecule has 1 aromatic carbocycles. The van der Waals surface area contributed by atoms with Gasteiger partial charge in [-0.25, -0.2) is 4.79 Å². The van der Waals surface area contributed by atoms with Gasteiger partial charge in [0, 0.05) is 37.6 Å². The fourth-order valence-corrected chi connectivity index (χ4v) is 2.79. The number of hydrogen-bond donors (Lipinski definition) is 3. The van der Waals surface area contributed by atoms with Crippen LogP contribution < -0.4 is 15.5 Å². The van der Waals surface area contributed by atoms with Crippen LogP contribution in [0.5, 0.6) is 0 Å². The van der Waals surface area contributed by atoms with Gasteiger partial charge in [-0.15, -0.1) is 0 Å². The molecular formula is C18H29N3O2. The van der Waals surface area contributed by atoms with Crippen molar-refractivity contribution in [2.45, 2.75) is 33.1 Å². The molecule has 1 fully saturated rings. The fraction of sp³-hybridized carbons (Fsp3) is 0.611. The molecule has 0 aliphatic carbocycles. The van der Waals surface area contributed by atoms with Crippen molar-refractivity contribution in [2.75, 3.05) is 36.5 Å². The minimum absolute atomic E-state index is 0.154. The summed E-state index contributed by atoms with van der Waals surface area (Å²) in [7, 11) is 0. The molecule has 0 spiro atoms. The van der Waals surface area contributed by atoms with E-state index in [1.54, 1.807) is 0 Å². The van der Waals surface area contributed by atoms with Crippen molar-refractivity contribution in [1.29, 1.82) is 0 Å². The second-order valence-electron chi connectivity index (χ2n) is 6.67. The first-order chi connectivity index (χ1) is 11.1. The molecule has 0 aromatic heterocycles. The zero-order valence-electron chi connectivity index (χ0n) is 14.2. The van der Waals surface area contributed by atoms with E-state index in [1.807, 2.05) is 19.1 Å². The van der Waals surface area contributed by atoms with Crippen molar-refractivity contribution in [3.8, 4) is 0 Å². The zero-order valence-corrected chi connectivity index (χ0v) is 14.2. The smallest absolute Gasteiger partial charge is 0.319 e. The van der Waals surface area contributed by atoms with Crippen LogP contribution in [0.3, 0.4) is 0 Å². The van der Waals surface area contributed by atoms with Gasteiger partial charge in [-0.05, 0) is 55.4 Å². The summed E-state index contributed by atoms with van der Waals surface area (Å²) >= 11 is 0. The van der Waals surface area contributed by atoms with Crippen molar-refractivity contribution < 1.29 is 9.90 Å². The van der Waals surface area contributed by atoms with Crippen LogP contribution in [0.25, 0.3) is 0 Å². The minimum Gasteiger partial charge on any atom is -0.396 e. The summed E-state index contributed by atoms with van der Waals surface area (Å²) in [6.07, 6.45) is 3.19. The Kier molecular flexibility index (Phi) is 6.71. The van der Waals surface area contributed by atoms with Crippen LogP contribution in [0.15, 0.2) is 24.3 Å². The van der Waals surface area contributed by atoms with E-state index in [-0.39, 0.29) is 18.6 Å². The first-order valence-electron chi connectivity index (χ1n) is 8.59. The number of aliphatic hydroxyl groups is 1. The molecule has 2 amide bonds. The first kappa shape index (κ1) is 17.6. The lowest BCUT2D eigenvalue weighted by Gasteiger charge is -2.32. The van der Waals surface area contributed by atoms with Crippen LogP contribution in [0.2, 0.25) is 0 Å².